The van der Waals surface area contributed by atoms with Gasteiger partial charge in [-0.2, -0.15) is 0 Å². The fourth-order valence-electron chi connectivity index (χ4n) is 7.92. The first kappa shape index (κ1) is 35.3. The summed E-state index contributed by atoms with van der Waals surface area (Å²) in [6.07, 6.45) is 6.02. The summed E-state index contributed by atoms with van der Waals surface area (Å²) in [4.78, 5) is 44.0. The Labute approximate surface area is 292 Å². The quantitative estimate of drug-likeness (QED) is 0.458. The predicted octanol–water partition coefficient (Wildman–Crippen LogP) is 4.64. The van der Waals surface area contributed by atoms with Crippen LogP contribution in [-0.4, -0.2) is 93.5 Å². The molecule has 13 heteroatoms. The first-order valence-corrected chi connectivity index (χ1v) is 18.9. The molecule has 0 aromatic heterocycles. The average Bonchev–Trinajstić information content (AvgIpc) is 3.45. The summed E-state index contributed by atoms with van der Waals surface area (Å²) >= 11 is 6.41. The van der Waals surface area contributed by atoms with Crippen molar-refractivity contribution >= 4 is 45.4 Å². The molecule has 1 N–H and O–H groups in total. The van der Waals surface area contributed by atoms with Crippen molar-refractivity contribution in [2.24, 2.45) is 5.92 Å². The minimum absolute atomic E-state index is 0.0238. The number of halogens is 2. The Morgan fingerprint density at radius 3 is 2.78 bits per heavy atom. The number of benzene rings is 2. The summed E-state index contributed by atoms with van der Waals surface area (Å²) in [7, 11) is -2.67. The molecule has 0 unspecified atom stereocenters. The highest BCUT2D eigenvalue weighted by atomic mass is 35.5. The smallest absolute Gasteiger partial charge is 0.264 e. The van der Waals surface area contributed by atoms with Crippen molar-refractivity contribution in [2.75, 3.05) is 44.7 Å². The number of nitrogens with one attached hydrogen (secondary N) is 1. The van der Waals surface area contributed by atoms with Crippen LogP contribution in [0.1, 0.15) is 67.4 Å². The number of ether oxygens (including phenoxy) is 1. The molecule has 2 aromatic carbocycles. The Hall–Kier alpha value is -3.48. The number of sulfonamides is 1. The first-order valence-electron chi connectivity index (χ1n) is 17.0. The molecule has 49 heavy (non-hydrogen) atoms. The van der Waals surface area contributed by atoms with Gasteiger partial charge in [-0.05, 0) is 99.4 Å². The minimum atomic E-state index is -4.15. The van der Waals surface area contributed by atoms with E-state index in [1.807, 2.05) is 17.0 Å². The van der Waals surface area contributed by atoms with Crippen LogP contribution in [0.15, 0.2) is 48.3 Å². The van der Waals surface area contributed by atoms with Gasteiger partial charge in [0.15, 0.2) is 0 Å². The highest BCUT2D eigenvalue weighted by Gasteiger charge is 2.45. The van der Waals surface area contributed by atoms with E-state index < -0.39 is 50.3 Å². The molecule has 6 rings (SSSR count). The fourth-order valence-corrected chi connectivity index (χ4v) is 9.40. The van der Waals surface area contributed by atoms with Crippen LogP contribution >= 0.6 is 11.6 Å². The van der Waals surface area contributed by atoms with Gasteiger partial charge in [-0.3, -0.25) is 14.5 Å². The molecule has 10 nitrogen and oxygen atoms in total. The van der Waals surface area contributed by atoms with Crippen LogP contribution in [-0.2, 0) is 31.4 Å². The number of carbonyl (C=O) groups is 3. The molecule has 3 heterocycles. The third-order valence-electron chi connectivity index (χ3n) is 10.9. The number of likely N-dealkylation sites (N-methyl/N-ethyl adjacent to an activating group) is 1. The molecule has 1 spiro atoms. The number of allylic oxidation sites excluding steroid dienone is 1. The van der Waals surface area contributed by atoms with Gasteiger partial charge in [0.05, 0.1) is 24.1 Å². The molecule has 5 atom stereocenters. The van der Waals surface area contributed by atoms with E-state index in [4.69, 9.17) is 16.3 Å². The van der Waals surface area contributed by atoms with Crippen molar-refractivity contribution in [1.29, 1.82) is 0 Å². The summed E-state index contributed by atoms with van der Waals surface area (Å²) in [5, 5.41) is -0.375. The van der Waals surface area contributed by atoms with E-state index in [9.17, 15) is 22.8 Å². The normalized spacial score (nSPS) is 29.8. The summed E-state index contributed by atoms with van der Waals surface area (Å²) in [5.74, 6) is -2.00. The predicted molar refractivity (Wildman–Crippen MR) is 186 cm³/mol. The van der Waals surface area contributed by atoms with Crippen LogP contribution in [0.25, 0.3) is 0 Å². The third kappa shape index (κ3) is 6.96. The molecule has 2 aromatic rings. The van der Waals surface area contributed by atoms with Crippen LogP contribution in [0.5, 0.6) is 5.75 Å². The van der Waals surface area contributed by atoms with Crippen molar-refractivity contribution in [3.8, 4) is 5.75 Å². The van der Waals surface area contributed by atoms with E-state index >= 15 is 4.39 Å². The second kappa shape index (κ2) is 14.0. The monoisotopic (exact) mass is 714 g/mol. The lowest BCUT2D eigenvalue weighted by atomic mass is 9.70. The molecule has 264 valence electrons. The maximum atomic E-state index is 16.4. The number of anilines is 1. The van der Waals surface area contributed by atoms with E-state index in [0.29, 0.717) is 55.4 Å². The minimum Gasteiger partial charge on any atom is -0.490 e. The summed E-state index contributed by atoms with van der Waals surface area (Å²) < 4.78 is 51.9. The number of rotatable bonds is 3. The van der Waals surface area contributed by atoms with Gasteiger partial charge < -0.3 is 19.3 Å². The Balaban J connectivity index is 1.48. The zero-order chi connectivity index (χ0) is 35.1. The lowest BCUT2D eigenvalue weighted by Gasteiger charge is -2.42. The molecule has 4 aliphatic rings. The lowest BCUT2D eigenvalue weighted by Crippen LogP contribution is -2.54. The number of hydrogen-bond donors (Lipinski definition) is 1. The average molecular weight is 715 g/mol. The van der Waals surface area contributed by atoms with Crippen molar-refractivity contribution in [3.63, 3.8) is 0 Å². The molecule has 1 aliphatic carbocycles. The summed E-state index contributed by atoms with van der Waals surface area (Å²) in [5.41, 5.74) is 2.68. The third-order valence-corrected chi connectivity index (χ3v) is 13.1. The molecule has 3 aliphatic heterocycles. The topological polar surface area (TPSA) is 116 Å². The van der Waals surface area contributed by atoms with Gasteiger partial charge in [-0.25, -0.2) is 17.5 Å². The standard InChI is InChI=1S/C36H44ClFN4O6S/c1-23-8-12-30(38)33(35(45)40(3)16-17-43)42-15-5-7-28(42)20-41-21-36(14-4-6-25-18-27(37)10-11-29(25)36)22-48-32-13-9-26(19-31(32)41)34(44)39-49(46,47)24(23)2/h9-13,17-19,23-24,28,33H,4-8,14-16,20-22H2,1-3H3,(H,39,44)/b30-12-/t23-,24+,28-,33+,36-/m0/s1. The van der Waals surface area contributed by atoms with Crippen molar-refractivity contribution in [2.45, 2.75) is 75.1 Å². The van der Waals surface area contributed by atoms with E-state index in [-0.39, 0.29) is 24.6 Å². The Bertz CT molecular complexity index is 1770. The number of amides is 2. The lowest BCUT2D eigenvalue weighted by molar-refractivity contribution is -0.136. The molecule has 1 fully saturated rings. The van der Waals surface area contributed by atoms with Crippen molar-refractivity contribution in [3.05, 3.63) is 70.0 Å². The van der Waals surface area contributed by atoms with Gasteiger partial charge in [0, 0.05) is 42.2 Å². The Morgan fingerprint density at radius 1 is 1.20 bits per heavy atom. The SMILES string of the molecule is C[C@@H]1[C@@H](C)C/C=C(\F)[C@H](C(=O)N(C)CC=O)N2CCC[C@H]2CN2C[C@@]3(CCCc4cc(Cl)ccc43)COc3ccc(cc32)C(=O)NS1(=O)=O. The van der Waals surface area contributed by atoms with Crippen LogP contribution in [0.4, 0.5) is 10.1 Å². The maximum absolute atomic E-state index is 16.4. The highest BCUT2D eigenvalue weighted by molar-refractivity contribution is 7.90. The molecule has 1 saturated heterocycles. The summed E-state index contributed by atoms with van der Waals surface area (Å²) in [6.45, 7) is 4.71. The largest absolute Gasteiger partial charge is 0.490 e. The van der Waals surface area contributed by atoms with Gasteiger partial charge >= 0.3 is 0 Å². The number of hydrogen-bond acceptors (Lipinski definition) is 8. The molecular formula is C36H44ClFN4O6S. The van der Waals surface area contributed by atoms with E-state index in [1.54, 1.807) is 25.1 Å². The Morgan fingerprint density at radius 2 is 2.00 bits per heavy atom. The Kier molecular flexibility index (Phi) is 10.1. The number of fused-ring (bicyclic) bond motifs is 4. The maximum Gasteiger partial charge on any atom is 0.264 e. The van der Waals surface area contributed by atoms with E-state index in [1.165, 1.54) is 24.9 Å². The van der Waals surface area contributed by atoms with Crippen LogP contribution in [0.2, 0.25) is 5.02 Å². The number of aryl methyl sites for hydroxylation is 1. The van der Waals surface area contributed by atoms with Gasteiger partial charge in [0.25, 0.3) is 5.91 Å². The second-order valence-corrected chi connectivity index (χ2v) is 16.6. The summed E-state index contributed by atoms with van der Waals surface area (Å²) in [6, 6.07) is 9.39. The van der Waals surface area contributed by atoms with Gasteiger partial charge in [0.2, 0.25) is 15.9 Å². The van der Waals surface area contributed by atoms with E-state index in [0.717, 1.165) is 36.8 Å². The van der Waals surface area contributed by atoms with Crippen LogP contribution in [0.3, 0.4) is 0 Å². The van der Waals surface area contributed by atoms with Crippen LogP contribution in [0, 0.1) is 5.92 Å². The van der Waals surface area contributed by atoms with Crippen molar-refractivity contribution < 1.29 is 31.9 Å². The van der Waals surface area contributed by atoms with E-state index in [2.05, 4.69) is 15.7 Å². The first-order chi connectivity index (χ1) is 23.3. The molecular weight excluding hydrogens is 671 g/mol. The molecule has 0 saturated carbocycles. The van der Waals surface area contributed by atoms with Crippen molar-refractivity contribution in [1.82, 2.24) is 14.5 Å². The highest BCUT2D eigenvalue weighted by Crippen LogP contribution is 2.45. The van der Waals surface area contributed by atoms with Gasteiger partial charge in [0.1, 0.15) is 23.9 Å². The molecule has 2 amide bonds. The molecule has 2 bridgehead atoms. The fraction of sp³-hybridized carbons (Fsp3) is 0.528. The number of carbonyl (C=O) groups excluding carboxylic acids is 3. The number of aldehydes is 1. The van der Waals surface area contributed by atoms with Gasteiger partial charge in [-0.15, -0.1) is 0 Å². The molecule has 0 radical (unpaired) electrons. The number of nitrogens with zero attached hydrogens (tertiary/aromatic N) is 3. The van der Waals surface area contributed by atoms with Crippen LogP contribution < -0.4 is 14.4 Å². The zero-order valence-corrected chi connectivity index (χ0v) is 29.7. The van der Waals surface area contributed by atoms with Gasteiger partial charge in [-0.1, -0.05) is 30.7 Å². The zero-order valence-electron chi connectivity index (χ0n) is 28.2. The second-order valence-electron chi connectivity index (χ2n) is 14.1.